The van der Waals surface area contributed by atoms with Crippen molar-refractivity contribution >= 4 is 5.97 Å². The predicted octanol–water partition coefficient (Wildman–Crippen LogP) is 5.33. The number of carboxylic acid groups (broad SMARTS) is 1. The molecule has 7 rings (SSSR count). The molecule has 7 heterocycles. The molecule has 0 aromatic rings. The molecule has 64 heavy (non-hydrogen) atoms. The first-order valence-electron chi connectivity index (χ1n) is 24.2. The van der Waals surface area contributed by atoms with Gasteiger partial charge >= 0.3 is 5.97 Å². The van der Waals surface area contributed by atoms with E-state index in [9.17, 15) is 25.2 Å². The maximum atomic E-state index is 12.4. The highest BCUT2D eigenvalue weighted by molar-refractivity contribution is 5.70. The minimum atomic E-state index is -2.24. The molecule has 9 unspecified atom stereocenters. The van der Waals surface area contributed by atoms with Gasteiger partial charge in [-0.3, -0.25) is 4.79 Å². The van der Waals surface area contributed by atoms with E-state index in [4.69, 9.17) is 52.1 Å². The van der Waals surface area contributed by atoms with E-state index in [1.54, 1.807) is 42.1 Å². The molecule has 0 aromatic carbocycles. The van der Waals surface area contributed by atoms with Crippen LogP contribution in [0.4, 0.5) is 0 Å². The number of carboxylic acids is 1. The van der Waals surface area contributed by atoms with E-state index in [2.05, 4.69) is 27.7 Å². The van der Waals surface area contributed by atoms with Crippen molar-refractivity contribution in [2.45, 2.75) is 242 Å². The van der Waals surface area contributed by atoms with E-state index in [-0.39, 0.29) is 66.6 Å². The topological polar surface area (TPSA) is 200 Å². The van der Waals surface area contributed by atoms with Gasteiger partial charge in [-0.1, -0.05) is 34.6 Å². The molecular formula is C48H82O16. The number of rotatable bonds is 12. The van der Waals surface area contributed by atoms with Crippen LogP contribution in [-0.2, 0) is 56.9 Å². The first-order valence-corrected chi connectivity index (χ1v) is 24.2. The Morgan fingerprint density at radius 3 is 2.03 bits per heavy atom. The van der Waals surface area contributed by atoms with Crippen LogP contribution in [0.15, 0.2) is 0 Å². The van der Waals surface area contributed by atoms with Crippen LogP contribution in [0, 0.1) is 35.5 Å². The summed E-state index contributed by atoms with van der Waals surface area (Å²) in [6.45, 7) is 20.7. The first kappa shape index (κ1) is 50.8. The van der Waals surface area contributed by atoms with Crippen molar-refractivity contribution in [3.63, 3.8) is 0 Å². The van der Waals surface area contributed by atoms with Crippen LogP contribution in [0.3, 0.4) is 0 Å². The van der Waals surface area contributed by atoms with Crippen molar-refractivity contribution in [2.75, 3.05) is 21.3 Å². The lowest BCUT2D eigenvalue weighted by Crippen LogP contribution is -2.72. The summed E-state index contributed by atoms with van der Waals surface area (Å²) in [4.78, 5) is 12.4. The quantitative estimate of drug-likeness (QED) is 0.196. The molecule has 0 amide bonds. The number of carbonyl (C=O) groups is 1. The fourth-order valence-corrected chi connectivity index (χ4v) is 13.0. The second kappa shape index (κ2) is 18.3. The van der Waals surface area contributed by atoms with Crippen LogP contribution < -0.4 is 0 Å². The molecule has 0 aromatic heterocycles. The fraction of sp³-hybridized carbons (Fsp3) is 0.979. The molecule has 7 fully saturated rings. The second-order valence-corrected chi connectivity index (χ2v) is 21.7. The van der Waals surface area contributed by atoms with Crippen LogP contribution in [-0.4, -0.2) is 155 Å². The number of ether oxygens (including phenoxy) is 11. The van der Waals surface area contributed by atoms with Crippen LogP contribution in [0.2, 0.25) is 0 Å². The monoisotopic (exact) mass is 915 g/mol. The van der Waals surface area contributed by atoms with Gasteiger partial charge in [-0.25, -0.2) is 0 Å². The van der Waals surface area contributed by atoms with Crippen molar-refractivity contribution in [2.24, 2.45) is 35.5 Å². The van der Waals surface area contributed by atoms with Crippen LogP contribution in [0.1, 0.15) is 134 Å². The summed E-state index contributed by atoms with van der Waals surface area (Å²) in [7, 11) is 5.02. The molecule has 0 radical (unpaired) electrons. The number of aliphatic hydroxyl groups is 3. The second-order valence-electron chi connectivity index (χ2n) is 21.7. The minimum absolute atomic E-state index is 0.0222. The van der Waals surface area contributed by atoms with Crippen molar-refractivity contribution in [1.82, 2.24) is 0 Å². The Morgan fingerprint density at radius 2 is 1.41 bits per heavy atom. The largest absolute Gasteiger partial charge is 0.481 e. The van der Waals surface area contributed by atoms with Crippen molar-refractivity contribution in [1.29, 1.82) is 0 Å². The van der Waals surface area contributed by atoms with Crippen molar-refractivity contribution in [3.05, 3.63) is 0 Å². The van der Waals surface area contributed by atoms with Gasteiger partial charge in [0.25, 0.3) is 0 Å². The molecule has 0 bridgehead atoms. The minimum Gasteiger partial charge on any atom is -0.481 e. The Hall–Kier alpha value is -1.09. The van der Waals surface area contributed by atoms with Gasteiger partial charge in [0.15, 0.2) is 23.7 Å². The van der Waals surface area contributed by atoms with Gasteiger partial charge in [0.05, 0.1) is 78.3 Å². The van der Waals surface area contributed by atoms with E-state index < -0.39 is 82.5 Å². The number of hydrogen-bond donors (Lipinski definition) is 4. The van der Waals surface area contributed by atoms with Crippen molar-refractivity contribution in [3.8, 4) is 0 Å². The summed E-state index contributed by atoms with van der Waals surface area (Å²) in [6.07, 6.45) is 0.417. The summed E-state index contributed by atoms with van der Waals surface area (Å²) in [5, 5.41) is 45.7. The smallest absolute Gasteiger partial charge is 0.311 e. The zero-order valence-corrected chi connectivity index (χ0v) is 40.9. The zero-order valence-electron chi connectivity index (χ0n) is 40.9. The summed E-state index contributed by atoms with van der Waals surface area (Å²) >= 11 is 0. The van der Waals surface area contributed by atoms with E-state index in [1.165, 1.54) is 6.92 Å². The normalized spacial score (nSPS) is 54.6. The average molecular weight is 915 g/mol. The Labute approximate surface area is 380 Å². The van der Waals surface area contributed by atoms with Gasteiger partial charge in [0.2, 0.25) is 0 Å². The average Bonchev–Trinajstić information content (AvgIpc) is 4.00. The third-order valence-corrected chi connectivity index (χ3v) is 17.8. The van der Waals surface area contributed by atoms with E-state index in [0.29, 0.717) is 32.1 Å². The number of aliphatic hydroxyl groups excluding tert-OH is 1. The Bertz CT molecular complexity index is 1630. The maximum Gasteiger partial charge on any atom is 0.311 e. The van der Waals surface area contributed by atoms with Crippen LogP contribution in [0.5, 0.6) is 0 Å². The molecular weight excluding hydrogens is 833 g/mol. The third kappa shape index (κ3) is 8.66. The lowest BCUT2D eigenvalue weighted by molar-refractivity contribution is -0.408. The van der Waals surface area contributed by atoms with Gasteiger partial charge in [-0.15, -0.1) is 0 Å². The highest BCUT2D eigenvalue weighted by Gasteiger charge is 2.67. The molecule has 0 saturated carbocycles. The highest BCUT2D eigenvalue weighted by Crippen LogP contribution is 2.56. The fourth-order valence-electron chi connectivity index (χ4n) is 13.0. The molecule has 4 N–H and O–H groups in total. The predicted molar refractivity (Wildman–Crippen MR) is 231 cm³/mol. The Kier molecular flexibility index (Phi) is 14.6. The molecule has 1 spiro atoms. The van der Waals surface area contributed by atoms with E-state index >= 15 is 0 Å². The van der Waals surface area contributed by atoms with Gasteiger partial charge in [0.1, 0.15) is 11.5 Å². The molecule has 24 atom stereocenters. The molecule has 16 nitrogen and oxygen atoms in total. The third-order valence-electron chi connectivity index (χ3n) is 17.8. The van der Waals surface area contributed by atoms with Gasteiger partial charge in [-0.2, -0.15) is 0 Å². The Morgan fingerprint density at radius 1 is 0.719 bits per heavy atom. The molecule has 16 heteroatoms. The van der Waals surface area contributed by atoms with Gasteiger partial charge in [-0.05, 0) is 80.1 Å². The number of aliphatic carboxylic acids is 1. The highest BCUT2D eigenvalue weighted by atomic mass is 16.7. The maximum absolute atomic E-state index is 12.4. The summed E-state index contributed by atoms with van der Waals surface area (Å²) in [6, 6.07) is 0. The number of hydrogen-bond acceptors (Lipinski definition) is 15. The summed E-state index contributed by atoms with van der Waals surface area (Å²) in [5.41, 5.74) is -2.76. The Balaban J connectivity index is 1.09. The summed E-state index contributed by atoms with van der Waals surface area (Å²) in [5.74, 6) is -9.27. The van der Waals surface area contributed by atoms with E-state index in [0.717, 1.165) is 25.7 Å². The number of methoxy groups -OCH3 is 3. The van der Waals surface area contributed by atoms with E-state index in [1.807, 2.05) is 20.8 Å². The van der Waals surface area contributed by atoms with Gasteiger partial charge in [0, 0.05) is 70.2 Å². The zero-order chi connectivity index (χ0) is 47.1. The van der Waals surface area contributed by atoms with Crippen LogP contribution >= 0.6 is 0 Å². The van der Waals surface area contributed by atoms with Crippen LogP contribution in [0.25, 0.3) is 0 Å². The molecule has 7 aliphatic heterocycles. The molecule has 0 aliphatic carbocycles. The lowest BCUT2D eigenvalue weighted by atomic mass is 9.69. The first-order chi connectivity index (χ1) is 29.8. The SMILES string of the molecule is CO[C@H]1[C@H](C)C(C2CCC([C@]3(C)CCC([C@]4(C)CCC5(OC(C(C)C6O[C@@](O)(C(C)C(=O)O)[C@H](C)[C@@H](O)[C@]6(C)O[C@H]6CC[C@H](OC)[C@@H](C)O6)C[C@@H](OC)[C@H]5C)O4)O3)O2)O[C@](C)(O)[C@@H]1C. The molecule has 7 aliphatic rings. The molecule has 370 valence electrons. The van der Waals surface area contributed by atoms with Gasteiger partial charge < -0.3 is 72.5 Å². The standard InChI is InChI=1S/C48H82O16/c1-24(41-45(10,61-37-18-16-31(54-12)30(7)57-37)40(49)28(5)48(53,63-41)29(6)42(50)51)33-23-34(55-13)26(3)47(59-33)22-21-44(9,64-47)36-19-20-43(8,60-36)35-17-15-32(58-35)39-25(2)38(56-14)27(4)46(11,52)62-39/h24-41,49,52-53H,15-23H2,1-14H3,(H,50,51)/t24?,25-,26+,27+,28+,29?,30+,31-,32?,33?,34+,35?,36?,37-,38-,39?,40+,41?,43-,44-,45-,46-,47?,48+/m0/s1. The van der Waals surface area contributed by atoms with Crippen molar-refractivity contribution < 1.29 is 77.3 Å². The molecule has 7 saturated heterocycles. The lowest BCUT2D eigenvalue weighted by Gasteiger charge is -2.58. The summed E-state index contributed by atoms with van der Waals surface area (Å²) < 4.78 is 72.0.